The van der Waals surface area contributed by atoms with Crippen molar-refractivity contribution >= 4 is 5.91 Å². The summed E-state index contributed by atoms with van der Waals surface area (Å²) in [6.07, 6.45) is 22.5. The van der Waals surface area contributed by atoms with Crippen LogP contribution in [-0.2, 0) is 11.3 Å². The molecule has 1 amide bonds. The fourth-order valence-electron chi connectivity index (χ4n) is 3.06. The maximum Gasteiger partial charge on any atom is 0.220 e. The standard InChI is InChI=1S/C25H39NO3/c1-2-3-4-5-6-7-8-9-10-11-12-13-14-15-16-17-25(29)26-21-22-18-19-23(27)24(28)20-22/h6-7,9-10,18-20,27-28H,2-5,8,11-17,21H2,1H3,(H,26,29). The fourth-order valence-corrected chi connectivity index (χ4v) is 3.06. The summed E-state index contributed by atoms with van der Waals surface area (Å²) in [5, 5.41) is 21.6. The third-order valence-electron chi connectivity index (χ3n) is 4.88. The van der Waals surface area contributed by atoms with Crippen molar-refractivity contribution in [1.82, 2.24) is 5.32 Å². The summed E-state index contributed by atoms with van der Waals surface area (Å²) in [7, 11) is 0. The Morgan fingerprint density at radius 1 is 0.862 bits per heavy atom. The summed E-state index contributed by atoms with van der Waals surface area (Å²) in [6.45, 7) is 2.60. The molecule has 3 N–H and O–H groups in total. The van der Waals surface area contributed by atoms with E-state index in [1.54, 1.807) is 6.07 Å². The van der Waals surface area contributed by atoms with Crippen LogP contribution >= 0.6 is 0 Å². The molecule has 0 bridgehead atoms. The van der Waals surface area contributed by atoms with Crippen molar-refractivity contribution in [3.05, 3.63) is 48.1 Å². The van der Waals surface area contributed by atoms with Crippen LogP contribution in [0.2, 0.25) is 0 Å². The molecule has 0 aromatic heterocycles. The van der Waals surface area contributed by atoms with E-state index in [-0.39, 0.29) is 17.4 Å². The largest absolute Gasteiger partial charge is 0.504 e. The highest BCUT2D eigenvalue weighted by atomic mass is 16.3. The van der Waals surface area contributed by atoms with Crippen LogP contribution in [0.3, 0.4) is 0 Å². The van der Waals surface area contributed by atoms with Crippen molar-refractivity contribution in [2.75, 3.05) is 0 Å². The van der Waals surface area contributed by atoms with Crippen molar-refractivity contribution in [1.29, 1.82) is 0 Å². The third kappa shape index (κ3) is 13.6. The molecule has 0 fully saturated rings. The maximum absolute atomic E-state index is 11.9. The van der Waals surface area contributed by atoms with E-state index in [0.29, 0.717) is 13.0 Å². The number of unbranched alkanes of at least 4 members (excludes halogenated alkanes) is 8. The predicted octanol–water partition coefficient (Wildman–Crippen LogP) is 6.53. The van der Waals surface area contributed by atoms with Crippen molar-refractivity contribution in [3.63, 3.8) is 0 Å². The van der Waals surface area contributed by atoms with Crippen LogP contribution in [0.25, 0.3) is 0 Å². The highest BCUT2D eigenvalue weighted by Gasteiger charge is 2.04. The van der Waals surface area contributed by atoms with Gasteiger partial charge >= 0.3 is 0 Å². The Kier molecular flexibility index (Phi) is 14.3. The summed E-state index contributed by atoms with van der Waals surface area (Å²) in [6, 6.07) is 4.58. The van der Waals surface area contributed by atoms with Crippen molar-refractivity contribution in [2.24, 2.45) is 0 Å². The van der Waals surface area contributed by atoms with Gasteiger partial charge in [-0.05, 0) is 56.2 Å². The number of rotatable bonds is 16. The van der Waals surface area contributed by atoms with E-state index >= 15 is 0 Å². The Morgan fingerprint density at radius 2 is 1.52 bits per heavy atom. The molecule has 29 heavy (non-hydrogen) atoms. The molecule has 1 rings (SSSR count). The molecule has 4 nitrogen and oxygen atoms in total. The van der Waals surface area contributed by atoms with Gasteiger partial charge in [0.25, 0.3) is 0 Å². The first-order valence-electron chi connectivity index (χ1n) is 11.2. The third-order valence-corrected chi connectivity index (χ3v) is 4.88. The molecule has 1 aromatic carbocycles. The lowest BCUT2D eigenvalue weighted by atomic mass is 10.1. The van der Waals surface area contributed by atoms with Gasteiger partial charge in [0.15, 0.2) is 11.5 Å². The van der Waals surface area contributed by atoms with Crippen molar-refractivity contribution in [3.8, 4) is 11.5 Å². The SMILES string of the molecule is CCCCCC=CCC=CCCCCCCCC(=O)NCc1ccc(O)c(O)c1. The van der Waals surface area contributed by atoms with Crippen molar-refractivity contribution < 1.29 is 15.0 Å². The Balaban J connectivity index is 1.92. The lowest BCUT2D eigenvalue weighted by molar-refractivity contribution is -0.121. The molecule has 0 radical (unpaired) electrons. The van der Waals surface area contributed by atoms with Gasteiger partial charge in [0, 0.05) is 13.0 Å². The summed E-state index contributed by atoms with van der Waals surface area (Å²) in [5.41, 5.74) is 0.772. The lowest BCUT2D eigenvalue weighted by Crippen LogP contribution is -2.22. The van der Waals surface area contributed by atoms with Gasteiger partial charge in [-0.25, -0.2) is 0 Å². The highest BCUT2D eigenvalue weighted by molar-refractivity contribution is 5.75. The van der Waals surface area contributed by atoms with Crippen LogP contribution in [0.1, 0.15) is 89.5 Å². The molecule has 0 aliphatic heterocycles. The van der Waals surface area contributed by atoms with Crippen molar-refractivity contribution in [2.45, 2.75) is 90.5 Å². The van der Waals surface area contributed by atoms with E-state index in [9.17, 15) is 15.0 Å². The first-order valence-corrected chi connectivity index (χ1v) is 11.2. The van der Waals surface area contributed by atoms with Gasteiger partial charge in [0.1, 0.15) is 0 Å². The molecule has 0 aliphatic rings. The molecule has 1 aromatic rings. The van der Waals surface area contributed by atoms with Gasteiger partial charge in [-0.3, -0.25) is 4.79 Å². The highest BCUT2D eigenvalue weighted by Crippen LogP contribution is 2.24. The molecule has 4 heteroatoms. The molecule has 0 aliphatic carbocycles. The number of nitrogens with one attached hydrogen (secondary N) is 1. The number of benzene rings is 1. The molecule has 0 unspecified atom stereocenters. The van der Waals surface area contributed by atoms with Gasteiger partial charge in [0.05, 0.1) is 0 Å². The number of phenolic OH excluding ortho intramolecular Hbond substituents is 2. The van der Waals surface area contributed by atoms with Crippen LogP contribution in [-0.4, -0.2) is 16.1 Å². The number of hydrogen-bond donors (Lipinski definition) is 3. The minimum atomic E-state index is -0.162. The van der Waals surface area contributed by atoms with Crippen LogP contribution < -0.4 is 5.32 Å². The number of carbonyl (C=O) groups is 1. The Morgan fingerprint density at radius 3 is 2.21 bits per heavy atom. The second-order valence-electron chi connectivity index (χ2n) is 7.58. The zero-order valence-electron chi connectivity index (χ0n) is 18.0. The molecular weight excluding hydrogens is 362 g/mol. The van der Waals surface area contributed by atoms with E-state index in [2.05, 4.69) is 36.5 Å². The minimum absolute atomic E-state index is 0.0308. The van der Waals surface area contributed by atoms with Crippen LogP contribution in [0.15, 0.2) is 42.5 Å². The Hall–Kier alpha value is -2.23. The van der Waals surface area contributed by atoms with Gasteiger partial charge in [-0.15, -0.1) is 0 Å². The van der Waals surface area contributed by atoms with E-state index in [1.165, 1.54) is 57.1 Å². The maximum atomic E-state index is 11.9. The number of amides is 1. The smallest absolute Gasteiger partial charge is 0.220 e. The molecule has 162 valence electrons. The normalized spacial score (nSPS) is 11.5. The number of phenols is 2. The molecule has 0 saturated carbocycles. The second-order valence-corrected chi connectivity index (χ2v) is 7.58. The van der Waals surface area contributed by atoms with Gasteiger partial charge < -0.3 is 15.5 Å². The van der Waals surface area contributed by atoms with Gasteiger partial charge in [-0.2, -0.15) is 0 Å². The van der Waals surface area contributed by atoms with E-state index < -0.39 is 0 Å². The fraction of sp³-hybridized carbons (Fsp3) is 0.560. The summed E-state index contributed by atoms with van der Waals surface area (Å²) in [4.78, 5) is 11.9. The molecule has 0 saturated heterocycles. The minimum Gasteiger partial charge on any atom is -0.504 e. The topological polar surface area (TPSA) is 69.6 Å². The average Bonchev–Trinajstić information content (AvgIpc) is 2.71. The predicted molar refractivity (Wildman–Crippen MR) is 121 cm³/mol. The van der Waals surface area contributed by atoms with Gasteiger partial charge in [-0.1, -0.05) is 69.4 Å². The first kappa shape index (κ1) is 24.8. The quantitative estimate of drug-likeness (QED) is 0.168. The lowest BCUT2D eigenvalue weighted by Gasteiger charge is -2.06. The van der Waals surface area contributed by atoms with E-state index in [1.807, 2.05) is 0 Å². The second kappa shape index (κ2) is 16.7. The Bertz CT molecular complexity index is 622. The van der Waals surface area contributed by atoms with Crippen LogP contribution in [0, 0.1) is 0 Å². The van der Waals surface area contributed by atoms with Crippen LogP contribution in [0.4, 0.5) is 0 Å². The zero-order chi connectivity index (χ0) is 21.2. The molecular formula is C25H39NO3. The summed E-state index contributed by atoms with van der Waals surface area (Å²) >= 11 is 0. The van der Waals surface area contributed by atoms with E-state index in [4.69, 9.17) is 0 Å². The number of hydrogen-bond acceptors (Lipinski definition) is 3. The summed E-state index contributed by atoms with van der Waals surface area (Å²) in [5.74, 6) is -0.279. The summed E-state index contributed by atoms with van der Waals surface area (Å²) < 4.78 is 0. The number of aromatic hydroxyl groups is 2. The zero-order valence-corrected chi connectivity index (χ0v) is 18.0. The molecule has 0 heterocycles. The van der Waals surface area contributed by atoms with Gasteiger partial charge in [0.2, 0.25) is 5.91 Å². The average molecular weight is 402 g/mol. The monoisotopic (exact) mass is 401 g/mol. The number of allylic oxidation sites excluding steroid dienone is 4. The number of carbonyl (C=O) groups excluding carboxylic acids is 1. The molecule has 0 atom stereocenters. The first-order chi connectivity index (χ1) is 14.1. The van der Waals surface area contributed by atoms with E-state index in [0.717, 1.165) is 31.2 Å². The Labute approximate surface area is 176 Å². The molecule has 0 spiro atoms. The van der Waals surface area contributed by atoms with Crippen LogP contribution in [0.5, 0.6) is 11.5 Å².